The van der Waals surface area contributed by atoms with E-state index in [1.807, 2.05) is 53.6 Å². The number of hydrogen-bond acceptors (Lipinski definition) is 5. The van der Waals surface area contributed by atoms with Crippen LogP contribution in [0.1, 0.15) is 22.9 Å². The first-order valence-corrected chi connectivity index (χ1v) is 13.4. The van der Waals surface area contributed by atoms with Gasteiger partial charge < -0.3 is 9.80 Å². The van der Waals surface area contributed by atoms with Crippen LogP contribution in [-0.2, 0) is 4.79 Å². The summed E-state index contributed by atoms with van der Waals surface area (Å²) in [4.78, 5) is 25.2. The van der Waals surface area contributed by atoms with E-state index in [1.54, 1.807) is 12.1 Å². The number of benzene rings is 2. The van der Waals surface area contributed by atoms with Gasteiger partial charge in [0, 0.05) is 43.9 Å². The third-order valence-corrected chi connectivity index (χ3v) is 8.02. The Morgan fingerprint density at radius 1 is 1.00 bits per heavy atom. The number of carbonyl (C=O) groups excluding carboxylic acids is 1. The van der Waals surface area contributed by atoms with E-state index in [4.69, 9.17) is 11.6 Å². The molecule has 0 spiro atoms. The molecule has 1 amide bonds. The third-order valence-electron chi connectivity index (χ3n) is 6.49. The van der Waals surface area contributed by atoms with E-state index in [1.165, 1.54) is 23.9 Å². The number of amides is 1. The Hall–Kier alpha value is -2.87. The fraction of sp³-hybridized carbons (Fsp3) is 0.286. The lowest BCUT2D eigenvalue weighted by Crippen LogP contribution is -2.47. The van der Waals surface area contributed by atoms with Crippen LogP contribution in [-0.4, -0.2) is 60.0 Å². The molecule has 3 heterocycles. The molecule has 0 radical (unpaired) electrons. The standard InChI is InChI=1S/C28H28ClFN4OS/c29-23-8-4-7-22(20-23)28-34(27(35)25(36-28)19-21-6-3-9-24(30)18-21)13-5-12-32-14-16-33(17-15-32)26-10-1-2-11-31-26/h1-4,6-11,18-20,28H,5,12-17H2. The minimum atomic E-state index is -0.314. The molecule has 8 heteroatoms. The Bertz CT molecular complexity index is 1230. The Balaban J connectivity index is 1.24. The summed E-state index contributed by atoms with van der Waals surface area (Å²) in [7, 11) is 0. The molecule has 2 aliphatic heterocycles. The maximum Gasteiger partial charge on any atom is 0.261 e. The molecule has 5 rings (SSSR count). The van der Waals surface area contributed by atoms with Crippen molar-refractivity contribution >= 4 is 41.2 Å². The van der Waals surface area contributed by atoms with E-state index in [9.17, 15) is 9.18 Å². The Labute approximate surface area is 220 Å². The van der Waals surface area contributed by atoms with Gasteiger partial charge in [0.2, 0.25) is 0 Å². The highest BCUT2D eigenvalue weighted by Gasteiger charge is 2.37. The fourth-order valence-electron chi connectivity index (χ4n) is 4.66. The summed E-state index contributed by atoms with van der Waals surface area (Å²) in [5.41, 5.74) is 1.68. The topological polar surface area (TPSA) is 39.7 Å². The molecule has 2 aliphatic rings. The lowest BCUT2D eigenvalue weighted by atomic mass is 10.1. The van der Waals surface area contributed by atoms with Gasteiger partial charge in [-0.1, -0.05) is 53.7 Å². The molecule has 0 aliphatic carbocycles. The molecule has 5 nitrogen and oxygen atoms in total. The number of rotatable bonds is 7. The number of halogens is 2. The van der Waals surface area contributed by atoms with Crippen LogP contribution in [0.15, 0.2) is 77.8 Å². The largest absolute Gasteiger partial charge is 0.354 e. The molecular weight excluding hydrogens is 495 g/mol. The molecule has 186 valence electrons. The average molecular weight is 523 g/mol. The van der Waals surface area contributed by atoms with Gasteiger partial charge in [-0.3, -0.25) is 9.69 Å². The second-order valence-electron chi connectivity index (χ2n) is 8.96. The molecule has 3 aromatic rings. The van der Waals surface area contributed by atoms with Crippen molar-refractivity contribution in [1.82, 2.24) is 14.8 Å². The highest BCUT2D eigenvalue weighted by molar-refractivity contribution is 8.04. The molecule has 1 unspecified atom stereocenters. The van der Waals surface area contributed by atoms with Crippen LogP contribution >= 0.6 is 23.4 Å². The second kappa shape index (κ2) is 11.5. The molecule has 2 saturated heterocycles. The maximum atomic E-state index is 13.7. The Morgan fingerprint density at radius 2 is 1.83 bits per heavy atom. The quantitative estimate of drug-likeness (QED) is 0.372. The lowest BCUT2D eigenvalue weighted by Gasteiger charge is -2.35. The van der Waals surface area contributed by atoms with Crippen LogP contribution in [0.2, 0.25) is 5.02 Å². The molecular formula is C28H28ClFN4OS. The van der Waals surface area contributed by atoms with Crippen LogP contribution in [0.5, 0.6) is 0 Å². The van der Waals surface area contributed by atoms with Crippen molar-refractivity contribution in [1.29, 1.82) is 0 Å². The van der Waals surface area contributed by atoms with E-state index in [0.29, 0.717) is 22.0 Å². The first-order chi connectivity index (χ1) is 17.6. The third kappa shape index (κ3) is 5.91. The smallest absolute Gasteiger partial charge is 0.261 e. The van der Waals surface area contributed by atoms with Gasteiger partial charge in [0.15, 0.2) is 0 Å². The van der Waals surface area contributed by atoms with Crippen molar-refractivity contribution in [3.63, 3.8) is 0 Å². The molecule has 36 heavy (non-hydrogen) atoms. The van der Waals surface area contributed by atoms with E-state index < -0.39 is 0 Å². The first kappa shape index (κ1) is 24.8. The van der Waals surface area contributed by atoms with Gasteiger partial charge in [-0.05, 0) is 66.6 Å². The van der Waals surface area contributed by atoms with Crippen molar-refractivity contribution in [2.24, 2.45) is 0 Å². The minimum Gasteiger partial charge on any atom is -0.354 e. The molecule has 0 bridgehead atoms. The van der Waals surface area contributed by atoms with Crippen LogP contribution in [0.3, 0.4) is 0 Å². The van der Waals surface area contributed by atoms with Crippen LogP contribution < -0.4 is 4.90 Å². The van der Waals surface area contributed by atoms with Crippen molar-refractivity contribution < 1.29 is 9.18 Å². The van der Waals surface area contributed by atoms with Gasteiger partial charge in [0.05, 0.1) is 4.91 Å². The number of hydrogen-bond donors (Lipinski definition) is 0. The zero-order chi connectivity index (χ0) is 24.9. The molecule has 0 N–H and O–H groups in total. The highest BCUT2D eigenvalue weighted by atomic mass is 35.5. The Kier molecular flexibility index (Phi) is 7.90. The summed E-state index contributed by atoms with van der Waals surface area (Å²) >= 11 is 7.77. The van der Waals surface area contributed by atoms with Gasteiger partial charge in [0.25, 0.3) is 5.91 Å². The van der Waals surface area contributed by atoms with Crippen LogP contribution in [0.25, 0.3) is 6.08 Å². The lowest BCUT2D eigenvalue weighted by molar-refractivity contribution is -0.126. The van der Waals surface area contributed by atoms with Crippen molar-refractivity contribution in [3.05, 3.63) is 99.8 Å². The number of thioether (sulfide) groups is 1. The summed E-state index contributed by atoms with van der Waals surface area (Å²) in [5, 5.41) is 0.492. The number of nitrogens with zero attached hydrogens (tertiary/aromatic N) is 4. The number of aromatic nitrogens is 1. The van der Waals surface area contributed by atoms with Gasteiger partial charge in [-0.15, -0.1) is 0 Å². The van der Waals surface area contributed by atoms with E-state index in [2.05, 4.69) is 20.9 Å². The fourth-order valence-corrected chi connectivity index (χ4v) is 6.13. The molecule has 2 aromatic carbocycles. The van der Waals surface area contributed by atoms with Crippen molar-refractivity contribution in [2.75, 3.05) is 44.2 Å². The SMILES string of the molecule is O=C1C(=Cc2cccc(F)c2)SC(c2cccc(Cl)c2)N1CCCN1CCN(c2ccccn2)CC1. The summed E-state index contributed by atoms with van der Waals surface area (Å²) in [5.74, 6) is 0.694. The second-order valence-corrected chi connectivity index (χ2v) is 10.5. The van der Waals surface area contributed by atoms with Crippen molar-refractivity contribution in [2.45, 2.75) is 11.8 Å². The van der Waals surface area contributed by atoms with E-state index >= 15 is 0 Å². The number of anilines is 1. The normalized spacial score (nSPS) is 19.9. The molecule has 0 saturated carbocycles. The predicted molar refractivity (Wildman–Crippen MR) is 145 cm³/mol. The zero-order valence-corrected chi connectivity index (χ0v) is 21.5. The maximum absolute atomic E-state index is 13.7. The van der Waals surface area contributed by atoms with Gasteiger partial charge in [-0.2, -0.15) is 0 Å². The minimum absolute atomic E-state index is 0.0193. The first-order valence-electron chi connectivity index (χ1n) is 12.2. The molecule has 2 fully saturated rings. The van der Waals surface area contributed by atoms with Crippen LogP contribution in [0.4, 0.5) is 10.2 Å². The zero-order valence-electron chi connectivity index (χ0n) is 19.9. The Morgan fingerprint density at radius 3 is 2.58 bits per heavy atom. The summed E-state index contributed by atoms with van der Waals surface area (Å²) in [6.07, 6.45) is 4.49. The number of piperazine rings is 1. The average Bonchev–Trinajstić information content (AvgIpc) is 3.20. The molecule has 1 atom stereocenters. The van der Waals surface area contributed by atoms with E-state index in [-0.39, 0.29) is 17.1 Å². The van der Waals surface area contributed by atoms with Crippen LogP contribution in [0, 0.1) is 5.82 Å². The summed E-state index contributed by atoms with van der Waals surface area (Å²) in [6.45, 7) is 5.41. The van der Waals surface area contributed by atoms with E-state index in [0.717, 1.165) is 50.5 Å². The summed E-state index contributed by atoms with van der Waals surface area (Å²) in [6, 6.07) is 20.0. The summed E-state index contributed by atoms with van der Waals surface area (Å²) < 4.78 is 13.7. The monoisotopic (exact) mass is 522 g/mol. The predicted octanol–water partition coefficient (Wildman–Crippen LogP) is 5.70. The number of pyridine rings is 1. The van der Waals surface area contributed by atoms with Crippen molar-refractivity contribution in [3.8, 4) is 0 Å². The van der Waals surface area contributed by atoms with Gasteiger partial charge in [-0.25, -0.2) is 9.37 Å². The molecule has 1 aromatic heterocycles. The number of carbonyl (C=O) groups is 1. The van der Waals surface area contributed by atoms with Gasteiger partial charge in [0.1, 0.15) is 17.0 Å². The van der Waals surface area contributed by atoms with Gasteiger partial charge >= 0.3 is 0 Å². The highest BCUT2D eigenvalue weighted by Crippen LogP contribution is 2.46.